The third kappa shape index (κ3) is 8.49. The van der Waals surface area contributed by atoms with Crippen LogP contribution in [-0.4, -0.2) is 15.9 Å². The van der Waals surface area contributed by atoms with E-state index in [0.717, 1.165) is 18.5 Å². The van der Waals surface area contributed by atoms with Gasteiger partial charge in [0.15, 0.2) is 0 Å². The van der Waals surface area contributed by atoms with Gasteiger partial charge in [-0.25, -0.2) is 0 Å². The SMILES string of the molecule is CCCCCCCCCCCC/C(=N\O)c1ccccn1. The molecule has 0 amide bonds. The highest BCUT2D eigenvalue weighted by Gasteiger charge is 2.04. The van der Waals surface area contributed by atoms with Crippen LogP contribution in [0.2, 0.25) is 0 Å². The molecule has 0 spiro atoms. The normalized spacial score (nSPS) is 11.8. The Labute approximate surface area is 129 Å². The maximum absolute atomic E-state index is 9.07. The fraction of sp³-hybridized carbons (Fsp3) is 0.667. The van der Waals surface area contributed by atoms with Crippen molar-refractivity contribution in [1.82, 2.24) is 4.98 Å². The van der Waals surface area contributed by atoms with Gasteiger partial charge in [-0.1, -0.05) is 75.9 Å². The fourth-order valence-electron chi connectivity index (χ4n) is 2.54. The van der Waals surface area contributed by atoms with E-state index < -0.39 is 0 Å². The second-order valence-corrected chi connectivity index (χ2v) is 5.69. The molecule has 3 heteroatoms. The van der Waals surface area contributed by atoms with Crippen molar-refractivity contribution in [3.8, 4) is 0 Å². The first kappa shape index (κ1) is 17.7. The Kier molecular flexibility index (Phi) is 10.4. The van der Waals surface area contributed by atoms with Gasteiger partial charge in [-0.15, -0.1) is 0 Å². The lowest BCUT2D eigenvalue weighted by Gasteiger charge is -2.04. The van der Waals surface area contributed by atoms with Crippen LogP contribution >= 0.6 is 0 Å². The lowest BCUT2D eigenvalue weighted by Crippen LogP contribution is -2.03. The predicted molar refractivity (Wildman–Crippen MR) is 89.0 cm³/mol. The topological polar surface area (TPSA) is 45.5 Å². The third-order valence-electron chi connectivity index (χ3n) is 3.85. The van der Waals surface area contributed by atoms with Crippen molar-refractivity contribution in [2.45, 2.75) is 77.6 Å². The summed E-state index contributed by atoms with van der Waals surface area (Å²) in [6.07, 6.45) is 15.7. The quantitative estimate of drug-likeness (QED) is 0.237. The first-order valence-corrected chi connectivity index (χ1v) is 8.50. The summed E-state index contributed by atoms with van der Waals surface area (Å²) < 4.78 is 0. The van der Waals surface area contributed by atoms with Crippen LogP contribution in [0.15, 0.2) is 29.6 Å². The van der Waals surface area contributed by atoms with Gasteiger partial charge < -0.3 is 5.21 Å². The van der Waals surface area contributed by atoms with Gasteiger partial charge in [0.25, 0.3) is 0 Å². The molecular formula is C18H30N2O. The molecule has 0 aliphatic rings. The molecule has 0 unspecified atom stereocenters. The smallest absolute Gasteiger partial charge is 0.105 e. The highest BCUT2D eigenvalue weighted by atomic mass is 16.4. The highest BCUT2D eigenvalue weighted by Crippen LogP contribution is 2.12. The first-order valence-electron chi connectivity index (χ1n) is 8.50. The minimum Gasteiger partial charge on any atom is -0.411 e. The molecule has 0 aliphatic heterocycles. The number of aromatic nitrogens is 1. The second kappa shape index (κ2) is 12.4. The number of unbranched alkanes of at least 4 members (excludes halogenated alkanes) is 9. The van der Waals surface area contributed by atoms with Crippen LogP contribution in [0, 0.1) is 0 Å². The number of hydrogen-bond acceptors (Lipinski definition) is 3. The van der Waals surface area contributed by atoms with Crippen LogP contribution in [0.25, 0.3) is 0 Å². The molecule has 1 rings (SSSR count). The van der Waals surface area contributed by atoms with Crippen molar-refractivity contribution in [2.75, 3.05) is 0 Å². The summed E-state index contributed by atoms with van der Waals surface area (Å²) in [6.45, 7) is 2.26. The molecule has 0 aliphatic carbocycles. The van der Waals surface area contributed by atoms with Gasteiger partial charge >= 0.3 is 0 Å². The molecule has 1 aromatic heterocycles. The van der Waals surface area contributed by atoms with Crippen molar-refractivity contribution in [3.05, 3.63) is 30.1 Å². The zero-order chi connectivity index (χ0) is 15.2. The molecule has 0 radical (unpaired) electrons. The van der Waals surface area contributed by atoms with Gasteiger partial charge in [-0.2, -0.15) is 0 Å². The monoisotopic (exact) mass is 290 g/mol. The van der Waals surface area contributed by atoms with E-state index in [4.69, 9.17) is 5.21 Å². The summed E-state index contributed by atoms with van der Waals surface area (Å²) in [5.74, 6) is 0. The first-order chi connectivity index (χ1) is 10.4. The second-order valence-electron chi connectivity index (χ2n) is 5.69. The summed E-state index contributed by atoms with van der Waals surface area (Å²) >= 11 is 0. The van der Waals surface area contributed by atoms with E-state index in [-0.39, 0.29) is 0 Å². The molecule has 0 bridgehead atoms. The third-order valence-corrected chi connectivity index (χ3v) is 3.85. The Morgan fingerprint density at radius 2 is 1.57 bits per heavy atom. The molecule has 1 heterocycles. The predicted octanol–water partition coefficient (Wildman–Crippen LogP) is 5.57. The lowest BCUT2D eigenvalue weighted by molar-refractivity contribution is 0.317. The number of rotatable bonds is 12. The van der Waals surface area contributed by atoms with E-state index in [2.05, 4.69) is 17.1 Å². The van der Waals surface area contributed by atoms with Crippen molar-refractivity contribution < 1.29 is 5.21 Å². The van der Waals surface area contributed by atoms with Crippen LogP contribution in [0.3, 0.4) is 0 Å². The van der Waals surface area contributed by atoms with Crippen molar-refractivity contribution >= 4 is 5.71 Å². The van der Waals surface area contributed by atoms with E-state index in [0.29, 0.717) is 5.71 Å². The molecule has 1 aromatic rings. The zero-order valence-corrected chi connectivity index (χ0v) is 13.4. The Morgan fingerprint density at radius 1 is 0.952 bits per heavy atom. The fourth-order valence-corrected chi connectivity index (χ4v) is 2.54. The molecule has 0 saturated carbocycles. The molecule has 3 nitrogen and oxygen atoms in total. The maximum atomic E-state index is 9.07. The highest BCUT2D eigenvalue weighted by molar-refractivity contribution is 5.98. The average molecular weight is 290 g/mol. The lowest BCUT2D eigenvalue weighted by atomic mass is 10.0. The molecule has 1 N–H and O–H groups in total. The van der Waals surface area contributed by atoms with Gasteiger partial charge in [0, 0.05) is 6.20 Å². The van der Waals surface area contributed by atoms with Gasteiger partial charge in [0.1, 0.15) is 5.71 Å². The van der Waals surface area contributed by atoms with Gasteiger partial charge in [-0.3, -0.25) is 4.98 Å². The van der Waals surface area contributed by atoms with Crippen LogP contribution in [0.1, 0.15) is 83.2 Å². The number of nitrogens with zero attached hydrogens (tertiary/aromatic N) is 2. The Morgan fingerprint density at radius 3 is 2.10 bits per heavy atom. The minimum atomic E-state index is 0.704. The largest absolute Gasteiger partial charge is 0.411 e. The number of oxime groups is 1. The summed E-state index contributed by atoms with van der Waals surface area (Å²) in [4.78, 5) is 4.22. The van der Waals surface area contributed by atoms with E-state index in [9.17, 15) is 0 Å². The van der Waals surface area contributed by atoms with E-state index >= 15 is 0 Å². The summed E-state index contributed by atoms with van der Waals surface area (Å²) in [7, 11) is 0. The molecule has 118 valence electrons. The van der Waals surface area contributed by atoms with Crippen LogP contribution < -0.4 is 0 Å². The van der Waals surface area contributed by atoms with Gasteiger partial charge in [0.05, 0.1) is 5.69 Å². The molecule has 0 atom stereocenters. The molecular weight excluding hydrogens is 260 g/mol. The van der Waals surface area contributed by atoms with E-state index in [1.54, 1.807) is 6.20 Å². The average Bonchev–Trinajstić information content (AvgIpc) is 2.54. The van der Waals surface area contributed by atoms with E-state index in [1.807, 2.05) is 18.2 Å². The molecule has 0 aromatic carbocycles. The van der Waals surface area contributed by atoms with Crippen molar-refractivity contribution in [1.29, 1.82) is 0 Å². The van der Waals surface area contributed by atoms with E-state index in [1.165, 1.54) is 57.8 Å². The maximum Gasteiger partial charge on any atom is 0.105 e. The van der Waals surface area contributed by atoms with Crippen molar-refractivity contribution in [2.24, 2.45) is 5.16 Å². The number of pyridine rings is 1. The van der Waals surface area contributed by atoms with Crippen LogP contribution in [0.4, 0.5) is 0 Å². The summed E-state index contributed by atoms with van der Waals surface area (Å²) in [6, 6.07) is 5.69. The Balaban J connectivity index is 2.01. The summed E-state index contributed by atoms with van der Waals surface area (Å²) in [5.41, 5.74) is 1.49. The van der Waals surface area contributed by atoms with Gasteiger partial charge in [0.2, 0.25) is 0 Å². The van der Waals surface area contributed by atoms with Crippen LogP contribution in [0.5, 0.6) is 0 Å². The molecule has 0 fully saturated rings. The molecule has 21 heavy (non-hydrogen) atoms. The van der Waals surface area contributed by atoms with Gasteiger partial charge in [-0.05, 0) is 25.0 Å². The van der Waals surface area contributed by atoms with Crippen molar-refractivity contribution in [3.63, 3.8) is 0 Å². The number of hydrogen-bond donors (Lipinski definition) is 1. The minimum absolute atomic E-state index is 0.704. The standard InChI is InChI=1S/C18H30N2O/c1-2-3-4-5-6-7-8-9-10-11-15-18(20-21)17-14-12-13-16-19-17/h12-14,16,21H,2-11,15H2,1H3/b20-18+. The zero-order valence-electron chi connectivity index (χ0n) is 13.4. The Hall–Kier alpha value is -1.38. The van der Waals surface area contributed by atoms with Crippen LogP contribution in [-0.2, 0) is 0 Å². The Bertz CT molecular complexity index is 376. The summed E-state index contributed by atoms with van der Waals surface area (Å²) in [5, 5.41) is 12.5. The molecule has 0 saturated heterocycles.